The zero-order valence-corrected chi connectivity index (χ0v) is 20.7. The van der Waals surface area contributed by atoms with Gasteiger partial charge in [0.25, 0.3) is 0 Å². The maximum Gasteiger partial charge on any atom is 0.365 e. The van der Waals surface area contributed by atoms with Crippen LogP contribution in [0.4, 0.5) is 11.4 Å². The van der Waals surface area contributed by atoms with Crippen LogP contribution in [-0.4, -0.2) is 28.3 Å². The molecule has 0 N–H and O–H groups in total. The minimum atomic E-state index is -0.738. The number of carbonyl (C=O) groups is 1. The van der Waals surface area contributed by atoms with Crippen molar-refractivity contribution < 1.29 is 9.53 Å². The van der Waals surface area contributed by atoms with E-state index in [1.165, 1.54) is 17.3 Å². The van der Waals surface area contributed by atoms with Crippen molar-refractivity contribution in [2.45, 2.75) is 38.1 Å². The molecule has 0 fully saturated rings. The molecule has 0 amide bonds. The Labute approximate surface area is 210 Å². The maximum absolute atomic E-state index is 12.8. The number of ether oxygens (including phenoxy) is 1. The van der Waals surface area contributed by atoms with E-state index in [2.05, 4.69) is 31.2 Å². The van der Waals surface area contributed by atoms with Gasteiger partial charge >= 0.3 is 5.97 Å². The van der Waals surface area contributed by atoms with E-state index in [1.54, 1.807) is 6.92 Å². The zero-order valence-electron chi connectivity index (χ0n) is 19.9. The molecule has 1 unspecified atom stereocenters. The number of anilines is 2. The zero-order chi connectivity index (χ0) is 24.3. The third-order valence-corrected chi connectivity index (χ3v) is 7.49. The Hall–Kier alpha value is -3.58. The number of nitrogens with zero attached hydrogens (tertiary/aromatic N) is 4. The molecule has 0 bridgehead atoms. The normalized spacial score (nSPS) is 19.5. The SMILES string of the molecule is CCOC(=O)C1=NN(c2ccccc2)C2(CCC(c3ccc(CC)cc3)=NN2c2ccccc2)S1. The number of hydrogen-bond donors (Lipinski definition) is 0. The van der Waals surface area contributed by atoms with E-state index in [9.17, 15) is 4.79 Å². The lowest BCUT2D eigenvalue weighted by atomic mass is 10.0. The average Bonchev–Trinajstić information content (AvgIpc) is 3.30. The minimum absolute atomic E-state index is 0.301. The Balaban J connectivity index is 1.62. The first-order valence-corrected chi connectivity index (χ1v) is 12.8. The second-order valence-corrected chi connectivity index (χ2v) is 9.61. The second-order valence-electron chi connectivity index (χ2n) is 8.36. The van der Waals surface area contributed by atoms with Gasteiger partial charge in [0.2, 0.25) is 10.0 Å². The molecule has 2 heterocycles. The summed E-state index contributed by atoms with van der Waals surface area (Å²) in [5.74, 6) is -0.409. The summed E-state index contributed by atoms with van der Waals surface area (Å²) in [6.07, 6.45) is 2.46. The largest absolute Gasteiger partial charge is 0.461 e. The lowest BCUT2D eigenvalue weighted by molar-refractivity contribution is -0.134. The summed E-state index contributed by atoms with van der Waals surface area (Å²) in [6, 6.07) is 28.6. The number of esters is 1. The van der Waals surface area contributed by atoms with Gasteiger partial charge in [-0.3, -0.25) is 0 Å². The van der Waals surface area contributed by atoms with Gasteiger partial charge in [0.15, 0.2) is 0 Å². The van der Waals surface area contributed by atoms with Crippen molar-refractivity contribution >= 4 is 39.9 Å². The molecule has 178 valence electrons. The van der Waals surface area contributed by atoms with Gasteiger partial charge in [-0.1, -0.05) is 67.6 Å². The van der Waals surface area contributed by atoms with Crippen molar-refractivity contribution in [3.8, 4) is 0 Å². The number of hydrazone groups is 2. The van der Waals surface area contributed by atoms with Crippen LogP contribution in [0.1, 0.15) is 37.8 Å². The molecule has 2 aliphatic rings. The number of thioether (sulfide) groups is 1. The van der Waals surface area contributed by atoms with Crippen LogP contribution in [-0.2, 0) is 16.0 Å². The molecule has 3 aromatic carbocycles. The lowest BCUT2D eigenvalue weighted by Crippen LogP contribution is -2.56. The highest BCUT2D eigenvalue weighted by Gasteiger charge is 2.53. The highest BCUT2D eigenvalue weighted by atomic mass is 32.2. The van der Waals surface area contributed by atoms with Crippen LogP contribution < -0.4 is 10.0 Å². The monoisotopic (exact) mass is 484 g/mol. The van der Waals surface area contributed by atoms with Crippen LogP contribution in [0.25, 0.3) is 0 Å². The van der Waals surface area contributed by atoms with Gasteiger partial charge in [-0.2, -0.15) is 10.2 Å². The molecule has 3 aromatic rings. The standard InChI is InChI=1S/C28H28N4O2S/c1-3-21-15-17-22(18-16-21)25-19-20-28(31(29-25)23-11-7-5-8-12-23)32(24-13-9-6-10-14-24)30-26(35-28)27(33)34-4-2/h5-18H,3-4,19-20H2,1-2H3. The first kappa shape index (κ1) is 23.2. The molecule has 0 aromatic heterocycles. The van der Waals surface area contributed by atoms with Crippen LogP contribution in [0.15, 0.2) is 95.1 Å². The van der Waals surface area contributed by atoms with Gasteiger partial charge in [-0.25, -0.2) is 14.8 Å². The second kappa shape index (κ2) is 9.96. The van der Waals surface area contributed by atoms with Gasteiger partial charge < -0.3 is 4.74 Å². The fraction of sp³-hybridized carbons (Fsp3) is 0.250. The number of para-hydroxylation sites is 2. The topological polar surface area (TPSA) is 57.5 Å². The van der Waals surface area contributed by atoms with Crippen molar-refractivity contribution in [3.05, 3.63) is 96.1 Å². The Morgan fingerprint density at radius 3 is 2.06 bits per heavy atom. The smallest absolute Gasteiger partial charge is 0.365 e. The van der Waals surface area contributed by atoms with Crippen molar-refractivity contribution in [3.63, 3.8) is 0 Å². The molecule has 0 saturated heterocycles. The molecule has 5 rings (SSSR count). The molecular weight excluding hydrogens is 456 g/mol. The van der Waals surface area contributed by atoms with Crippen molar-refractivity contribution in [1.29, 1.82) is 0 Å². The van der Waals surface area contributed by atoms with Crippen LogP contribution in [0.3, 0.4) is 0 Å². The van der Waals surface area contributed by atoms with Crippen LogP contribution in [0, 0.1) is 0 Å². The first-order chi connectivity index (χ1) is 17.1. The summed E-state index contributed by atoms with van der Waals surface area (Å²) in [5, 5.41) is 14.3. The molecule has 7 heteroatoms. The van der Waals surface area contributed by atoms with Gasteiger partial charge in [0.05, 0.1) is 23.7 Å². The Morgan fingerprint density at radius 2 is 1.49 bits per heavy atom. The summed E-state index contributed by atoms with van der Waals surface area (Å²) in [6.45, 7) is 4.26. The molecule has 35 heavy (non-hydrogen) atoms. The van der Waals surface area contributed by atoms with E-state index in [1.807, 2.05) is 70.7 Å². The molecule has 0 radical (unpaired) electrons. The third kappa shape index (κ3) is 4.44. The van der Waals surface area contributed by atoms with Crippen molar-refractivity contribution in [2.24, 2.45) is 10.2 Å². The molecular formula is C28H28N4O2S. The highest BCUT2D eigenvalue weighted by Crippen LogP contribution is 2.50. The summed E-state index contributed by atoms with van der Waals surface area (Å²) >= 11 is 1.41. The molecule has 6 nitrogen and oxygen atoms in total. The van der Waals surface area contributed by atoms with E-state index in [0.29, 0.717) is 18.1 Å². The summed E-state index contributed by atoms with van der Waals surface area (Å²) < 4.78 is 5.33. The number of aryl methyl sites for hydroxylation is 1. The van der Waals surface area contributed by atoms with E-state index >= 15 is 0 Å². The predicted molar refractivity (Wildman–Crippen MR) is 144 cm³/mol. The predicted octanol–water partition coefficient (Wildman–Crippen LogP) is 6.04. The number of carbonyl (C=O) groups excluding carboxylic acids is 1. The van der Waals surface area contributed by atoms with Crippen LogP contribution in [0.5, 0.6) is 0 Å². The Morgan fingerprint density at radius 1 is 0.886 bits per heavy atom. The van der Waals surface area contributed by atoms with E-state index in [-0.39, 0.29) is 0 Å². The van der Waals surface area contributed by atoms with Crippen molar-refractivity contribution in [1.82, 2.24) is 0 Å². The van der Waals surface area contributed by atoms with E-state index in [4.69, 9.17) is 14.9 Å². The molecule has 1 atom stereocenters. The Kier molecular flexibility index (Phi) is 6.59. The van der Waals surface area contributed by atoms with E-state index < -0.39 is 11.0 Å². The maximum atomic E-state index is 12.8. The number of hydrogen-bond acceptors (Lipinski definition) is 7. The molecule has 0 aliphatic carbocycles. The number of benzene rings is 3. The van der Waals surface area contributed by atoms with Gasteiger partial charge in [-0.15, -0.1) is 0 Å². The summed E-state index contributed by atoms with van der Waals surface area (Å²) in [5.41, 5.74) is 5.25. The minimum Gasteiger partial charge on any atom is -0.461 e. The Bertz CT molecular complexity index is 1240. The first-order valence-electron chi connectivity index (χ1n) is 12.0. The van der Waals surface area contributed by atoms with E-state index in [0.717, 1.165) is 35.5 Å². The lowest BCUT2D eigenvalue weighted by Gasteiger charge is -2.46. The van der Waals surface area contributed by atoms with Gasteiger partial charge in [0, 0.05) is 6.42 Å². The van der Waals surface area contributed by atoms with Crippen LogP contribution >= 0.6 is 11.8 Å². The van der Waals surface area contributed by atoms with Gasteiger partial charge in [-0.05, 0) is 66.9 Å². The molecule has 2 aliphatic heterocycles. The molecule has 0 saturated carbocycles. The summed E-state index contributed by atoms with van der Waals surface area (Å²) in [4.78, 5) is 12.0. The fourth-order valence-corrected chi connectivity index (χ4v) is 5.62. The molecule has 1 spiro atoms. The summed E-state index contributed by atoms with van der Waals surface area (Å²) in [7, 11) is 0. The highest BCUT2D eigenvalue weighted by molar-refractivity contribution is 8.17. The number of rotatable bonds is 6. The average molecular weight is 485 g/mol. The van der Waals surface area contributed by atoms with Gasteiger partial charge in [0.1, 0.15) is 0 Å². The third-order valence-electron chi connectivity index (χ3n) is 6.17. The quantitative estimate of drug-likeness (QED) is 0.400. The van der Waals surface area contributed by atoms with Crippen molar-refractivity contribution in [2.75, 3.05) is 16.6 Å². The van der Waals surface area contributed by atoms with Crippen LogP contribution in [0.2, 0.25) is 0 Å². The fourth-order valence-electron chi connectivity index (χ4n) is 4.38.